The fourth-order valence-electron chi connectivity index (χ4n) is 2.51. The van der Waals surface area contributed by atoms with E-state index in [4.69, 9.17) is 0 Å². The van der Waals surface area contributed by atoms with Crippen LogP contribution in [0.25, 0.3) is 0 Å². The molecule has 1 unspecified atom stereocenters. The topological polar surface area (TPSA) is 67.2 Å². The Labute approximate surface area is 105 Å². The lowest BCUT2D eigenvalue weighted by Gasteiger charge is -2.20. The molecule has 1 aliphatic carbocycles. The molecule has 0 aromatic carbocycles. The molecule has 1 atom stereocenters. The standard InChI is InChI=1S/C12H16N4O2/c1-12(8-3-4-8)10(17)16(11(18)13-12)7-9-5-6-15(2)14-9/h5-6,8H,3-4,7H2,1-2H3,(H,13,18). The van der Waals surface area contributed by atoms with Gasteiger partial charge < -0.3 is 5.32 Å². The van der Waals surface area contributed by atoms with Crippen molar-refractivity contribution in [3.05, 3.63) is 18.0 Å². The Morgan fingerprint density at radius 2 is 2.22 bits per heavy atom. The van der Waals surface area contributed by atoms with E-state index in [1.165, 1.54) is 4.90 Å². The van der Waals surface area contributed by atoms with Gasteiger partial charge in [-0.05, 0) is 31.7 Å². The van der Waals surface area contributed by atoms with Crippen LogP contribution in [-0.4, -0.2) is 32.2 Å². The quantitative estimate of drug-likeness (QED) is 0.798. The van der Waals surface area contributed by atoms with E-state index in [2.05, 4.69) is 10.4 Å². The molecule has 0 bridgehead atoms. The molecule has 18 heavy (non-hydrogen) atoms. The van der Waals surface area contributed by atoms with Crippen LogP contribution < -0.4 is 5.32 Å². The van der Waals surface area contributed by atoms with Gasteiger partial charge in [-0.15, -0.1) is 0 Å². The zero-order chi connectivity index (χ0) is 12.9. The summed E-state index contributed by atoms with van der Waals surface area (Å²) in [6.07, 6.45) is 3.83. The summed E-state index contributed by atoms with van der Waals surface area (Å²) in [7, 11) is 1.81. The van der Waals surface area contributed by atoms with Crippen LogP contribution in [-0.2, 0) is 18.4 Å². The van der Waals surface area contributed by atoms with Crippen LogP contribution in [0, 0.1) is 5.92 Å². The van der Waals surface area contributed by atoms with Crippen molar-refractivity contribution in [2.45, 2.75) is 31.8 Å². The zero-order valence-corrected chi connectivity index (χ0v) is 10.5. The number of amides is 3. The Kier molecular flexibility index (Phi) is 2.23. The Bertz CT molecular complexity index is 520. The van der Waals surface area contributed by atoms with Gasteiger partial charge in [0.15, 0.2) is 0 Å². The first-order valence-electron chi connectivity index (χ1n) is 6.13. The molecule has 0 radical (unpaired) electrons. The molecule has 1 aromatic heterocycles. The van der Waals surface area contributed by atoms with Crippen molar-refractivity contribution >= 4 is 11.9 Å². The maximum absolute atomic E-state index is 12.3. The van der Waals surface area contributed by atoms with Crippen molar-refractivity contribution in [1.82, 2.24) is 20.0 Å². The molecule has 3 amide bonds. The van der Waals surface area contributed by atoms with E-state index < -0.39 is 5.54 Å². The first-order chi connectivity index (χ1) is 8.50. The summed E-state index contributed by atoms with van der Waals surface area (Å²) < 4.78 is 1.66. The highest BCUT2D eigenvalue weighted by atomic mass is 16.2. The largest absolute Gasteiger partial charge is 0.325 e. The van der Waals surface area contributed by atoms with Gasteiger partial charge in [-0.2, -0.15) is 5.10 Å². The second-order valence-corrected chi connectivity index (χ2v) is 5.28. The predicted octanol–water partition coefficient (Wildman–Crippen LogP) is 0.641. The first kappa shape index (κ1) is 11.3. The Morgan fingerprint density at radius 3 is 2.78 bits per heavy atom. The SMILES string of the molecule is Cn1ccc(CN2C(=O)NC(C)(C3CC3)C2=O)n1. The number of imide groups is 1. The molecular formula is C12H16N4O2. The second kappa shape index (κ2) is 3.57. The molecule has 6 nitrogen and oxygen atoms in total. The number of nitrogens with one attached hydrogen (secondary N) is 1. The lowest BCUT2D eigenvalue weighted by Crippen LogP contribution is -2.46. The average molecular weight is 248 g/mol. The molecule has 0 spiro atoms. The Balaban J connectivity index is 1.80. The number of hydrogen-bond acceptors (Lipinski definition) is 3. The van der Waals surface area contributed by atoms with Gasteiger partial charge in [0.2, 0.25) is 0 Å². The third-order valence-corrected chi connectivity index (χ3v) is 3.78. The van der Waals surface area contributed by atoms with E-state index in [0.717, 1.165) is 18.5 Å². The molecule has 2 fully saturated rings. The number of urea groups is 1. The van der Waals surface area contributed by atoms with Gasteiger partial charge in [-0.1, -0.05) is 0 Å². The summed E-state index contributed by atoms with van der Waals surface area (Å²) in [5.41, 5.74) is 0.0207. The van der Waals surface area contributed by atoms with Crippen LogP contribution in [0.15, 0.2) is 12.3 Å². The minimum absolute atomic E-state index is 0.124. The van der Waals surface area contributed by atoms with Crippen LogP contribution in [0.1, 0.15) is 25.5 Å². The van der Waals surface area contributed by atoms with E-state index in [9.17, 15) is 9.59 Å². The van der Waals surface area contributed by atoms with Crippen molar-refractivity contribution in [3.8, 4) is 0 Å². The number of hydrogen-bond donors (Lipinski definition) is 1. The maximum Gasteiger partial charge on any atom is 0.325 e. The highest BCUT2D eigenvalue weighted by Crippen LogP contribution is 2.42. The molecule has 1 saturated heterocycles. The third-order valence-electron chi connectivity index (χ3n) is 3.78. The van der Waals surface area contributed by atoms with Crippen LogP contribution in [0.2, 0.25) is 0 Å². The van der Waals surface area contributed by atoms with Crippen LogP contribution >= 0.6 is 0 Å². The monoisotopic (exact) mass is 248 g/mol. The summed E-state index contributed by atoms with van der Waals surface area (Å²) in [5.74, 6) is 0.170. The summed E-state index contributed by atoms with van der Waals surface area (Å²) in [5, 5.41) is 7.02. The third kappa shape index (κ3) is 1.60. The van der Waals surface area contributed by atoms with Gasteiger partial charge in [-0.3, -0.25) is 14.4 Å². The molecule has 1 saturated carbocycles. The van der Waals surface area contributed by atoms with Crippen LogP contribution in [0.5, 0.6) is 0 Å². The first-order valence-corrected chi connectivity index (χ1v) is 6.13. The molecule has 2 heterocycles. The number of aryl methyl sites for hydroxylation is 1. The highest BCUT2D eigenvalue weighted by molar-refractivity contribution is 6.07. The molecule has 6 heteroatoms. The summed E-state index contributed by atoms with van der Waals surface area (Å²) in [6.45, 7) is 2.07. The van der Waals surface area contributed by atoms with E-state index in [1.807, 2.05) is 20.0 Å². The van der Waals surface area contributed by atoms with E-state index in [0.29, 0.717) is 5.92 Å². The number of aromatic nitrogens is 2. The Morgan fingerprint density at radius 1 is 1.50 bits per heavy atom. The van der Waals surface area contributed by atoms with Gasteiger partial charge in [0.05, 0.1) is 12.2 Å². The fraction of sp³-hybridized carbons (Fsp3) is 0.583. The van der Waals surface area contributed by atoms with Crippen molar-refractivity contribution in [1.29, 1.82) is 0 Å². The minimum Gasteiger partial charge on any atom is -0.323 e. The van der Waals surface area contributed by atoms with E-state index in [-0.39, 0.29) is 18.5 Å². The number of nitrogens with zero attached hydrogens (tertiary/aromatic N) is 3. The van der Waals surface area contributed by atoms with Crippen molar-refractivity contribution in [3.63, 3.8) is 0 Å². The van der Waals surface area contributed by atoms with Crippen molar-refractivity contribution in [2.75, 3.05) is 0 Å². The molecule has 1 N–H and O–H groups in total. The average Bonchev–Trinajstić information content (AvgIpc) is 3.06. The lowest BCUT2D eigenvalue weighted by molar-refractivity contribution is -0.131. The molecule has 96 valence electrons. The zero-order valence-electron chi connectivity index (χ0n) is 10.5. The van der Waals surface area contributed by atoms with Gasteiger partial charge in [0.25, 0.3) is 5.91 Å². The maximum atomic E-state index is 12.3. The fourth-order valence-corrected chi connectivity index (χ4v) is 2.51. The molecule has 1 aliphatic heterocycles. The predicted molar refractivity (Wildman–Crippen MR) is 63.4 cm³/mol. The summed E-state index contributed by atoms with van der Waals surface area (Å²) >= 11 is 0. The molecule has 1 aromatic rings. The molecular weight excluding hydrogens is 232 g/mol. The number of carbonyl (C=O) groups is 2. The van der Waals surface area contributed by atoms with E-state index in [1.54, 1.807) is 10.9 Å². The smallest absolute Gasteiger partial charge is 0.323 e. The molecule has 2 aliphatic rings. The lowest BCUT2D eigenvalue weighted by atomic mass is 9.96. The highest BCUT2D eigenvalue weighted by Gasteiger charge is 2.55. The summed E-state index contributed by atoms with van der Waals surface area (Å²) in [6, 6.07) is 1.51. The van der Waals surface area contributed by atoms with Gasteiger partial charge in [-0.25, -0.2) is 4.79 Å². The normalized spacial score (nSPS) is 27.8. The number of carbonyl (C=O) groups excluding carboxylic acids is 2. The Hall–Kier alpha value is -1.85. The van der Waals surface area contributed by atoms with Crippen molar-refractivity contribution in [2.24, 2.45) is 13.0 Å². The molecule has 3 rings (SSSR count). The number of rotatable bonds is 3. The van der Waals surface area contributed by atoms with Crippen LogP contribution in [0.4, 0.5) is 4.79 Å². The van der Waals surface area contributed by atoms with Gasteiger partial charge >= 0.3 is 6.03 Å². The second-order valence-electron chi connectivity index (χ2n) is 5.28. The minimum atomic E-state index is -0.703. The summed E-state index contributed by atoms with van der Waals surface area (Å²) in [4.78, 5) is 25.5. The van der Waals surface area contributed by atoms with E-state index >= 15 is 0 Å². The van der Waals surface area contributed by atoms with Crippen molar-refractivity contribution < 1.29 is 9.59 Å². The van der Waals surface area contributed by atoms with Gasteiger partial charge in [0.1, 0.15) is 5.54 Å². The van der Waals surface area contributed by atoms with Gasteiger partial charge in [0, 0.05) is 13.2 Å². The van der Waals surface area contributed by atoms with Crippen LogP contribution in [0.3, 0.4) is 0 Å².